The molecule has 0 saturated carbocycles. The van der Waals surface area contributed by atoms with Crippen LogP contribution in [0.5, 0.6) is 0 Å². The minimum absolute atomic E-state index is 0.0326. The molecule has 0 aromatic carbocycles. The standard InChI is InChI=1S/C43H74O9P8/c1-22-7-8-29-18-25(4)33(45-29)11-9-30-17-24(3)26(5)36(46-30)21-37-32(27(6)35(48-37)15-23(2)13-14-58-53)20-28(44)19-31-10-12-34-39(47-31)43(52-60(56)57)42-41(49-34)40(51-59(54)55)38(16-22)50-42/h23-24,27,29-43,58H,1,4-5,7-21,53-57H2,2-3,6H3/t23-,24-,27-,29+,30+,31-,32?,33?,34+,35-,36?,37+,38?,39+,40+,41+,42?,43+/m1/s1. The number of rotatable bonds is 9. The van der Waals surface area contributed by atoms with Gasteiger partial charge in [-0.15, -0.1) is 17.2 Å². The van der Waals surface area contributed by atoms with E-state index < -0.39 is 15.1 Å². The first-order valence-electron chi connectivity index (χ1n) is 22.5. The lowest BCUT2D eigenvalue weighted by molar-refractivity contribution is -0.251. The van der Waals surface area contributed by atoms with E-state index in [1.807, 2.05) is 0 Å². The molecule has 0 aromatic heterocycles. The summed E-state index contributed by atoms with van der Waals surface area (Å²) in [6.45, 7) is 20.5. The van der Waals surface area contributed by atoms with Gasteiger partial charge in [0.2, 0.25) is 0 Å². The van der Waals surface area contributed by atoms with Gasteiger partial charge in [0.25, 0.3) is 0 Å². The van der Waals surface area contributed by atoms with E-state index >= 15 is 0 Å². The van der Waals surface area contributed by atoms with Gasteiger partial charge < -0.3 is 37.5 Å². The zero-order valence-electron chi connectivity index (χ0n) is 36.1. The molecule has 24 atom stereocenters. The molecule has 0 N–H and O–H groups in total. The van der Waals surface area contributed by atoms with E-state index in [9.17, 15) is 4.79 Å². The molecule has 0 aromatic rings. The van der Waals surface area contributed by atoms with Crippen molar-refractivity contribution in [3.8, 4) is 0 Å². The number of Topliss-reactive ketones (excluding diaryl/α,β-unsaturated/α-hetero) is 1. The zero-order chi connectivity index (χ0) is 42.8. The summed E-state index contributed by atoms with van der Waals surface area (Å²) >= 11 is 0. The first-order valence-corrected chi connectivity index (χ1v) is 34.5. The number of fused-ring (bicyclic) bond motifs is 7. The number of hydrogen-bond acceptors (Lipinski definition) is 9. The second kappa shape index (κ2) is 22.9. The minimum atomic E-state index is -0.901. The molecule has 7 heterocycles. The number of hydrogen-bond donors (Lipinski definition) is 0. The quantitative estimate of drug-likeness (QED) is 0.165. The Morgan fingerprint density at radius 3 is 2.17 bits per heavy atom. The van der Waals surface area contributed by atoms with Crippen molar-refractivity contribution < 1.29 is 42.3 Å². The van der Waals surface area contributed by atoms with Crippen LogP contribution in [0.25, 0.3) is 0 Å². The van der Waals surface area contributed by atoms with Crippen LogP contribution in [0.15, 0.2) is 36.5 Å². The molecule has 0 spiro atoms. The van der Waals surface area contributed by atoms with Gasteiger partial charge in [-0.2, -0.15) is 0 Å². The maximum absolute atomic E-state index is 14.3. The molecule has 7 aliphatic heterocycles. The summed E-state index contributed by atoms with van der Waals surface area (Å²) in [4.78, 5) is 14.3. The topological polar surface area (TPSA) is 90.9 Å². The molecule has 8 bridgehead atoms. The van der Waals surface area contributed by atoms with Gasteiger partial charge in [0, 0.05) is 19.3 Å². The molecule has 17 heteroatoms. The highest BCUT2D eigenvalue weighted by Crippen LogP contribution is 2.60. The minimum Gasteiger partial charge on any atom is -0.374 e. The van der Waals surface area contributed by atoms with Crippen LogP contribution in [0.4, 0.5) is 0 Å². The van der Waals surface area contributed by atoms with Crippen molar-refractivity contribution in [2.45, 2.75) is 196 Å². The SMILES string of the molecule is C=C1CC[C@H]2CC(=C)C(CC[C@H]3C[C@@H](C)C(=C)C(C[C@@H]4O[C@H](C[C@H](C)CCPP)[C@H](C)C4CC(=O)C[C@H]4CC[C@@H]5O[C@@H]6C(OC(C1)[C@@H]6OP(P)P)[C@@H](OP(P)P)[C@H]5O4)O3)O2. The van der Waals surface area contributed by atoms with E-state index in [1.54, 1.807) is 0 Å². The Morgan fingerprint density at radius 1 is 0.733 bits per heavy atom. The molecule has 0 amide bonds. The molecule has 60 heavy (non-hydrogen) atoms. The molecular weight excluding hydrogens is 908 g/mol. The van der Waals surface area contributed by atoms with Crippen LogP contribution in [-0.4, -0.2) is 97.4 Å². The van der Waals surface area contributed by atoms with Crippen molar-refractivity contribution in [2.75, 3.05) is 6.16 Å². The Labute approximate surface area is 376 Å². The van der Waals surface area contributed by atoms with E-state index in [4.69, 9.17) is 37.5 Å². The van der Waals surface area contributed by atoms with Crippen LogP contribution in [0, 0.1) is 23.7 Å². The van der Waals surface area contributed by atoms with Gasteiger partial charge in [-0.25, -0.2) is 0 Å². The summed E-state index contributed by atoms with van der Waals surface area (Å²) in [5, 5.41) is 0. The van der Waals surface area contributed by atoms with Crippen LogP contribution in [0.1, 0.15) is 111 Å². The summed E-state index contributed by atoms with van der Waals surface area (Å²) in [7, 11) is 13.2. The fraction of sp³-hybridized carbons (Fsp3) is 0.837. The summed E-state index contributed by atoms with van der Waals surface area (Å²) in [5.74, 6) is 1.51. The smallest absolute Gasteiger partial charge is 0.135 e. The van der Waals surface area contributed by atoms with Gasteiger partial charge in [-0.3, -0.25) is 4.79 Å². The third-order valence-electron chi connectivity index (χ3n) is 14.6. The van der Waals surface area contributed by atoms with Gasteiger partial charge in [0.15, 0.2) is 0 Å². The average Bonchev–Trinajstić information content (AvgIpc) is 3.81. The average molecular weight is 983 g/mol. The maximum atomic E-state index is 14.3. The lowest BCUT2D eigenvalue weighted by Crippen LogP contribution is -2.61. The predicted molar refractivity (Wildman–Crippen MR) is 265 cm³/mol. The Bertz CT molecular complexity index is 1510. The highest BCUT2D eigenvalue weighted by atomic mass is 32.4. The van der Waals surface area contributed by atoms with Crippen LogP contribution in [-0.2, 0) is 42.3 Å². The van der Waals surface area contributed by atoms with Crippen molar-refractivity contribution >= 4 is 73.7 Å². The fourth-order valence-electron chi connectivity index (χ4n) is 11.2. The molecule has 7 aliphatic rings. The van der Waals surface area contributed by atoms with Gasteiger partial charge in [-0.05, 0) is 112 Å². The third kappa shape index (κ3) is 12.6. The van der Waals surface area contributed by atoms with Crippen molar-refractivity contribution in [1.29, 1.82) is 0 Å². The van der Waals surface area contributed by atoms with Crippen LogP contribution in [0.3, 0.4) is 0 Å². The molecule has 0 radical (unpaired) electrons. The second-order valence-corrected chi connectivity index (χ2v) is 32.8. The highest BCUT2D eigenvalue weighted by Gasteiger charge is 2.59. The first kappa shape index (κ1) is 49.9. The first-order chi connectivity index (χ1) is 28.7. The molecule has 340 valence electrons. The Balaban J connectivity index is 1.14. The van der Waals surface area contributed by atoms with Gasteiger partial charge in [-0.1, -0.05) is 81.8 Å². The van der Waals surface area contributed by atoms with Crippen molar-refractivity contribution in [3.05, 3.63) is 36.5 Å². The molecule has 7 rings (SSSR count). The number of ketones is 1. The van der Waals surface area contributed by atoms with E-state index in [0.29, 0.717) is 31.1 Å². The lowest BCUT2D eigenvalue weighted by atomic mass is 9.78. The van der Waals surface area contributed by atoms with E-state index in [0.717, 1.165) is 83.6 Å². The summed E-state index contributed by atoms with van der Waals surface area (Å²) < 4.78 is 54.8. The Hall–Kier alpha value is 2.01. The number of carbonyl (C=O) groups is 1. The summed E-state index contributed by atoms with van der Waals surface area (Å²) in [6.07, 6.45) is 10.5. The van der Waals surface area contributed by atoms with Gasteiger partial charge in [0.05, 0.1) is 70.0 Å². The van der Waals surface area contributed by atoms with Crippen LogP contribution in [0.2, 0.25) is 0 Å². The van der Waals surface area contributed by atoms with E-state index in [-0.39, 0.29) is 103 Å². The van der Waals surface area contributed by atoms with Gasteiger partial charge in [0.1, 0.15) is 36.3 Å². The molecule has 7 saturated heterocycles. The van der Waals surface area contributed by atoms with Crippen LogP contribution < -0.4 is 0 Å². The van der Waals surface area contributed by atoms with E-state index in [1.165, 1.54) is 18.2 Å². The highest BCUT2D eigenvalue weighted by molar-refractivity contribution is 8.41. The predicted octanol–water partition coefficient (Wildman–Crippen LogP) is 11.0. The number of carbonyl (C=O) groups excluding carboxylic acids is 1. The summed E-state index contributed by atoms with van der Waals surface area (Å²) in [5.41, 5.74) is 3.45. The Morgan fingerprint density at radius 2 is 1.42 bits per heavy atom. The van der Waals surface area contributed by atoms with Crippen molar-refractivity contribution in [1.82, 2.24) is 0 Å². The maximum Gasteiger partial charge on any atom is 0.135 e. The molecular formula is C43H74O9P8. The third-order valence-corrected chi connectivity index (χ3v) is 18.4. The van der Waals surface area contributed by atoms with Crippen molar-refractivity contribution in [2.24, 2.45) is 23.7 Å². The lowest BCUT2D eigenvalue weighted by Gasteiger charge is -2.48. The molecule has 9 nitrogen and oxygen atoms in total. The Kier molecular flexibility index (Phi) is 19.0. The normalized spacial score (nSPS) is 43.9. The fourth-order valence-corrected chi connectivity index (χ4v) is 15.1. The number of ether oxygens (including phenoxy) is 6. The van der Waals surface area contributed by atoms with E-state index in [2.05, 4.69) is 85.2 Å². The van der Waals surface area contributed by atoms with Gasteiger partial charge >= 0.3 is 0 Å². The zero-order valence-corrected chi connectivity index (χ0v) is 44.6. The van der Waals surface area contributed by atoms with Crippen molar-refractivity contribution in [3.63, 3.8) is 0 Å². The molecule has 7 fully saturated rings. The summed E-state index contributed by atoms with van der Waals surface area (Å²) in [6, 6.07) is 0. The molecule has 0 aliphatic carbocycles. The monoisotopic (exact) mass is 982 g/mol. The molecule has 11 unspecified atom stereocenters. The van der Waals surface area contributed by atoms with Crippen LogP contribution >= 0.6 is 68.0 Å². The largest absolute Gasteiger partial charge is 0.374 e. The second-order valence-electron chi connectivity index (χ2n) is 19.1.